The van der Waals surface area contributed by atoms with Gasteiger partial charge in [-0.05, 0) is 30.5 Å². The Morgan fingerprint density at radius 3 is 2.83 bits per heavy atom. The summed E-state index contributed by atoms with van der Waals surface area (Å²) < 4.78 is 0. The van der Waals surface area contributed by atoms with Gasteiger partial charge in [0, 0.05) is 12.5 Å². The van der Waals surface area contributed by atoms with Crippen LogP contribution in [0.15, 0.2) is 24.3 Å². The van der Waals surface area contributed by atoms with E-state index < -0.39 is 0 Å². The molecule has 0 unspecified atom stereocenters. The Hall–Kier alpha value is -1.82. The van der Waals surface area contributed by atoms with Gasteiger partial charge < -0.3 is 5.32 Å². The smallest absolute Gasteiger partial charge is 0.226 e. The summed E-state index contributed by atoms with van der Waals surface area (Å²) in [6, 6.07) is 9.89. The van der Waals surface area contributed by atoms with Gasteiger partial charge in [-0.2, -0.15) is 5.26 Å². The van der Waals surface area contributed by atoms with E-state index >= 15 is 0 Å². The van der Waals surface area contributed by atoms with Crippen LogP contribution in [0.3, 0.4) is 0 Å². The number of hydrogen-bond acceptors (Lipinski definition) is 2. The van der Waals surface area contributed by atoms with E-state index in [2.05, 4.69) is 11.4 Å². The first-order chi connectivity index (χ1) is 8.76. The predicted octanol–water partition coefficient (Wildman–Crippen LogP) is 2.33. The SMILES string of the molecule is N#Cc1cccc([C@@H]2CNC(=O)C23CCCC3)c1. The average Bonchev–Trinajstić information content (AvgIpc) is 3.00. The highest BCUT2D eigenvalue weighted by atomic mass is 16.2. The normalized spacial score (nSPS) is 25.1. The number of hydrogen-bond donors (Lipinski definition) is 1. The first-order valence-electron chi connectivity index (χ1n) is 6.55. The maximum Gasteiger partial charge on any atom is 0.226 e. The first kappa shape index (κ1) is 11.3. The Morgan fingerprint density at radius 1 is 1.33 bits per heavy atom. The molecule has 92 valence electrons. The Kier molecular flexibility index (Phi) is 2.59. The molecule has 1 aliphatic heterocycles. The summed E-state index contributed by atoms with van der Waals surface area (Å²) in [5, 5.41) is 12.0. The molecule has 2 aliphatic rings. The fourth-order valence-electron chi connectivity index (χ4n) is 3.57. The first-order valence-corrected chi connectivity index (χ1v) is 6.55. The molecule has 1 atom stereocenters. The van der Waals surface area contributed by atoms with Crippen LogP contribution in [0.1, 0.15) is 42.7 Å². The van der Waals surface area contributed by atoms with Crippen LogP contribution in [0.2, 0.25) is 0 Å². The summed E-state index contributed by atoms with van der Waals surface area (Å²) in [5.74, 6) is 0.452. The lowest BCUT2D eigenvalue weighted by Gasteiger charge is -2.28. The highest BCUT2D eigenvalue weighted by molar-refractivity contribution is 5.86. The summed E-state index contributed by atoms with van der Waals surface area (Å²) in [6.45, 7) is 0.716. The van der Waals surface area contributed by atoms with Gasteiger partial charge in [-0.25, -0.2) is 0 Å². The maximum atomic E-state index is 12.2. The van der Waals surface area contributed by atoms with Gasteiger partial charge in [-0.15, -0.1) is 0 Å². The Labute approximate surface area is 107 Å². The minimum atomic E-state index is -0.200. The number of nitrogens with zero attached hydrogens (tertiary/aromatic N) is 1. The summed E-state index contributed by atoms with van der Waals surface area (Å²) in [5.41, 5.74) is 1.61. The molecular weight excluding hydrogens is 224 g/mol. The number of nitrogens with one attached hydrogen (secondary N) is 1. The number of carbonyl (C=O) groups excluding carboxylic acids is 1. The molecule has 1 aromatic rings. The Morgan fingerprint density at radius 2 is 2.11 bits per heavy atom. The topological polar surface area (TPSA) is 52.9 Å². The van der Waals surface area contributed by atoms with Crippen molar-refractivity contribution in [2.75, 3.05) is 6.54 Å². The van der Waals surface area contributed by atoms with E-state index in [-0.39, 0.29) is 17.2 Å². The van der Waals surface area contributed by atoms with E-state index in [0.29, 0.717) is 12.1 Å². The van der Waals surface area contributed by atoms with Gasteiger partial charge in [-0.3, -0.25) is 4.79 Å². The molecule has 1 spiro atoms. The number of rotatable bonds is 1. The molecule has 1 amide bonds. The van der Waals surface area contributed by atoms with Gasteiger partial charge in [0.25, 0.3) is 0 Å². The fourth-order valence-corrected chi connectivity index (χ4v) is 3.57. The minimum Gasteiger partial charge on any atom is -0.355 e. The summed E-state index contributed by atoms with van der Waals surface area (Å²) in [7, 11) is 0. The van der Waals surface area contributed by atoms with Gasteiger partial charge in [0.05, 0.1) is 17.0 Å². The van der Waals surface area contributed by atoms with Gasteiger partial charge in [0.15, 0.2) is 0 Å². The minimum absolute atomic E-state index is 0.200. The molecule has 1 aliphatic carbocycles. The largest absolute Gasteiger partial charge is 0.355 e. The van der Waals surface area contributed by atoms with Crippen molar-refractivity contribution in [3.8, 4) is 6.07 Å². The van der Waals surface area contributed by atoms with Crippen molar-refractivity contribution in [3.63, 3.8) is 0 Å². The van der Waals surface area contributed by atoms with Gasteiger partial charge >= 0.3 is 0 Å². The zero-order valence-electron chi connectivity index (χ0n) is 10.3. The third-order valence-electron chi connectivity index (χ3n) is 4.50. The predicted molar refractivity (Wildman–Crippen MR) is 67.8 cm³/mol. The van der Waals surface area contributed by atoms with Crippen LogP contribution in [0.5, 0.6) is 0 Å². The lowest BCUT2D eigenvalue weighted by atomic mass is 9.72. The monoisotopic (exact) mass is 240 g/mol. The molecule has 1 saturated heterocycles. The molecular formula is C15H16N2O. The molecule has 3 nitrogen and oxygen atoms in total. The molecule has 0 bridgehead atoms. The molecule has 0 radical (unpaired) electrons. The van der Waals surface area contributed by atoms with Crippen LogP contribution in [-0.2, 0) is 4.79 Å². The van der Waals surface area contributed by atoms with Crippen molar-refractivity contribution < 1.29 is 4.79 Å². The quantitative estimate of drug-likeness (QED) is 0.819. The van der Waals surface area contributed by atoms with E-state index in [0.717, 1.165) is 31.2 Å². The number of benzene rings is 1. The molecule has 2 fully saturated rings. The standard InChI is InChI=1S/C15H16N2O/c16-9-11-4-3-5-12(8-11)13-10-17-14(18)15(13)6-1-2-7-15/h3-5,8,13H,1-2,6-7,10H2,(H,17,18)/t13-/m0/s1. The molecule has 1 heterocycles. The molecule has 1 N–H and O–H groups in total. The second-order valence-corrected chi connectivity index (χ2v) is 5.36. The van der Waals surface area contributed by atoms with Gasteiger partial charge in [0.1, 0.15) is 0 Å². The third-order valence-corrected chi connectivity index (χ3v) is 4.50. The summed E-state index contributed by atoms with van der Waals surface area (Å²) in [6.07, 6.45) is 4.25. The zero-order chi connectivity index (χ0) is 12.6. The molecule has 0 aromatic heterocycles. The van der Waals surface area contributed by atoms with Crippen molar-refractivity contribution in [1.29, 1.82) is 5.26 Å². The Balaban J connectivity index is 2.00. The highest BCUT2D eigenvalue weighted by Crippen LogP contribution is 2.51. The second kappa shape index (κ2) is 4.13. The van der Waals surface area contributed by atoms with Crippen molar-refractivity contribution in [2.45, 2.75) is 31.6 Å². The highest BCUT2D eigenvalue weighted by Gasteiger charge is 2.51. The second-order valence-electron chi connectivity index (χ2n) is 5.36. The van der Waals surface area contributed by atoms with E-state index in [1.807, 2.05) is 24.3 Å². The van der Waals surface area contributed by atoms with Crippen molar-refractivity contribution in [1.82, 2.24) is 5.32 Å². The van der Waals surface area contributed by atoms with Crippen molar-refractivity contribution in [3.05, 3.63) is 35.4 Å². The van der Waals surface area contributed by atoms with Crippen LogP contribution in [-0.4, -0.2) is 12.5 Å². The van der Waals surface area contributed by atoms with E-state index in [1.54, 1.807) is 0 Å². The van der Waals surface area contributed by atoms with Crippen LogP contribution < -0.4 is 5.32 Å². The number of amides is 1. The van der Waals surface area contributed by atoms with Crippen molar-refractivity contribution >= 4 is 5.91 Å². The van der Waals surface area contributed by atoms with E-state index in [9.17, 15) is 4.79 Å². The number of carbonyl (C=O) groups is 1. The lowest BCUT2D eigenvalue weighted by Crippen LogP contribution is -2.31. The lowest BCUT2D eigenvalue weighted by molar-refractivity contribution is -0.127. The zero-order valence-corrected chi connectivity index (χ0v) is 10.3. The Bertz CT molecular complexity index is 524. The van der Waals surface area contributed by atoms with Crippen LogP contribution in [0, 0.1) is 16.7 Å². The molecule has 18 heavy (non-hydrogen) atoms. The van der Waals surface area contributed by atoms with Gasteiger partial charge in [0.2, 0.25) is 5.91 Å². The maximum absolute atomic E-state index is 12.2. The molecule has 3 rings (SSSR count). The van der Waals surface area contributed by atoms with Crippen molar-refractivity contribution in [2.24, 2.45) is 5.41 Å². The number of nitriles is 1. The van der Waals surface area contributed by atoms with Crippen LogP contribution in [0.25, 0.3) is 0 Å². The van der Waals surface area contributed by atoms with Crippen LogP contribution >= 0.6 is 0 Å². The third kappa shape index (κ3) is 1.53. The fraction of sp³-hybridized carbons (Fsp3) is 0.467. The summed E-state index contributed by atoms with van der Waals surface area (Å²) >= 11 is 0. The summed E-state index contributed by atoms with van der Waals surface area (Å²) in [4.78, 5) is 12.2. The molecule has 3 heteroatoms. The van der Waals surface area contributed by atoms with Gasteiger partial charge in [-0.1, -0.05) is 25.0 Å². The van der Waals surface area contributed by atoms with E-state index in [1.165, 1.54) is 0 Å². The van der Waals surface area contributed by atoms with Crippen LogP contribution in [0.4, 0.5) is 0 Å². The average molecular weight is 240 g/mol. The van der Waals surface area contributed by atoms with E-state index in [4.69, 9.17) is 5.26 Å². The molecule has 1 aromatic carbocycles. The molecule has 1 saturated carbocycles.